The van der Waals surface area contributed by atoms with Crippen LogP contribution in [0.5, 0.6) is 0 Å². The highest BCUT2D eigenvalue weighted by Gasteiger charge is 2.70. The van der Waals surface area contributed by atoms with E-state index in [2.05, 4.69) is 53.4 Å². The molecule has 0 spiro atoms. The Hall–Kier alpha value is -2.26. The molecule has 4 saturated carbocycles. The Morgan fingerprint density at radius 2 is 1.56 bits per heavy atom. The molecular formula is C43H69N3O6. The van der Waals surface area contributed by atoms with E-state index in [0.29, 0.717) is 30.0 Å². The smallest absolute Gasteiger partial charge is 0.309 e. The first-order valence-corrected chi connectivity index (χ1v) is 20.5. The van der Waals surface area contributed by atoms with Gasteiger partial charge in [-0.15, -0.1) is 0 Å². The van der Waals surface area contributed by atoms with E-state index in [1.165, 1.54) is 5.57 Å². The molecule has 6 aliphatic rings. The van der Waals surface area contributed by atoms with Gasteiger partial charge < -0.3 is 20.5 Å². The Kier molecular flexibility index (Phi) is 10.0. The third-order valence-corrected chi connectivity index (χ3v) is 16.8. The Bertz CT molecular complexity index is 1510. The predicted molar refractivity (Wildman–Crippen MR) is 202 cm³/mol. The number of ether oxygens (including phenoxy) is 1. The zero-order chi connectivity index (χ0) is 38.4. The van der Waals surface area contributed by atoms with Crippen molar-refractivity contribution in [3.8, 4) is 0 Å². The summed E-state index contributed by atoms with van der Waals surface area (Å²) < 4.78 is 6.18. The van der Waals surface area contributed by atoms with Crippen LogP contribution in [-0.4, -0.2) is 83.4 Å². The summed E-state index contributed by atoms with van der Waals surface area (Å²) >= 11 is 0. The van der Waals surface area contributed by atoms with Gasteiger partial charge in [0.1, 0.15) is 6.10 Å². The number of carbonyl (C=O) groups excluding carboxylic acids is 3. The number of hydrogen-bond acceptors (Lipinski definition) is 7. The monoisotopic (exact) mass is 724 g/mol. The molecule has 1 saturated heterocycles. The number of piperazine rings is 1. The molecule has 0 radical (unpaired) electrons. The molecule has 6 rings (SSSR count). The van der Waals surface area contributed by atoms with Crippen molar-refractivity contribution in [1.82, 2.24) is 9.80 Å². The summed E-state index contributed by atoms with van der Waals surface area (Å²) in [5.74, 6) is 0.440. The van der Waals surface area contributed by atoms with E-state index < -0.39 is 17.4 Å². The van der Waals surface area contributed by atoms with E-state index in [1.54, 1.807) is 20.8 Å². The molecule has 292 valence electrons. The summed E-state index contributed by atoms with van der Waals surface area (Å²) in [5, 5.41) is 9.61. The number of amides is 1. The van der Waals surface area contributed by atoms with E-state index in [0.717, 1.165) is 89.7 Å². The van der Waals surface area contributed by atoms with Crippen LogP contribution in [-0.2, 0) is 23.9 Å². The number of carboxylic acids is 1. The second-order valence-electron chi connectivity index (χ2n) is 20.5. The summed E-state index contributed by atoms with van der Waals surface area (Å²) in [5.41, 5.74) is 8.38. The zero-order valence-corrected chi connectivity index (χ0v) is 34.0. The maximum Gasteiger partial charge on any atom is 0.309 e. The van der Waals surface area contributed by atoms with Gasteiger partial charge in [-0.2, -0.15) is 0 Å². The van der Waals surface area contributed by atoms with E-state index in [-0.39, 0.29) is 57.5 Å². The molecule has 52 heavy (non-hydrogen) atoms. The number of nitrogens with two attached hydrogens (primary N) is 1. The van der Waals surface area contributed by atoms with Gasteiger partial charge >= 0.3 is 11.9 Å². The lowest BCUT2D eigenvalue weighted by atomic mass is 9.33. The maximum atomic E-state index is 14.1. The summed E-state index contributed by atoms with van der Waals surface area (Å²) in [4.78, 5) is 55.3. The number of Topliss-reactive ketones (excluding diaryl/α,β-unsaturated/α-hetero) is 1. The Labute approximate surface area is 313 Å². The van der Waals surface area contributed by atoms with E-state index in [1.807, 2.05) is 4.90 Å². The fraction of sp³-hybridized carbons (Fsp3) is 0.860. The lowest BCUT2D eigenvalue weighted by Gasteiger charge is -2.72. The Balaban J connectivity index is 1.27. The number of esters is 1. The Morgan fingerprint density at radius 1 is 0.904 bits per heavy atom. The number of fused-ring (bicyclic) bond motifs is 7. The number of carbonyl (C=O) groups is 4. The lowest BCUT2D eigenvalue weighted by Crippen LogP contribution is -2.66. The third kappa shape index (κ3) is 5.92. The summed E-state index contributed by atoms with van der Waals surface area (Å²) in [6, 6.07) is -0.130. The molecule has 9 atom stereocenters. The van der Waals surface area contributed by atoms with Crippen LogP contribution in [0.25, 0.3) is 0 Å². The SMILES string of the molecule is CC(=O)N1CCN(C[C@@H](N)[C@@]23CC[C@]4(C)[C@H](CCC5C6(C)CCC(OC(=O)CC(C)(C)C(=O)O)C(C)(C)C6CCC54C)C2=C(C(C)C)C(=O)C3)CC1. The van der Waals surface area contributed by atoms with Crippen molar-refractivity contribution >= 4 is 23.6 Å². The van der Waals surface area contributed by atoms with Gasteiger partial charge in [0, 0.05) is 62.9 Å². The van der Waals surface area contributed by atoms with Crippen molar-refractivity contribution in [3.05, 3.63) is 11.1 Å². The normalized spacial score (nSPS) is 39.7. The average molecular weight is 724 g/mol. The van der Waals surface area contributed by atoms with Crippen LogP contribution in [0.1, 0.15) is 133 Å². The largest absolute Gasteiger partial charge is 0.481 e. The minimum atomic E-state index is -1.16. The lowest BCUT2D eigenvalue weighted by molar-refractivity contribution is -0.234. The van der Waals surface area contributed by atoms with Gasteiger partial charge in [-0.3, -0.25) is 24.1 Å². The number of allylic oxidation sites excluding steroid dienone is 1. The molecule has 5 unspecified atom stereocenters. The number of ketones is 1. The molecule has 0 bridgehead atoms. The van der Waals surface area contributed by atoms with Crippen molar-refractivity contribution < 1.29 is 29.0 Å². The van der Waals surface area contributed by atoms with E-state index >= 15 is 0 Å². The second kappa shape index (κ2) is 13.2. The fourth-order valence-electron chi connectivity index (χ4n) is 13.7. The van der Waals surface area contributed by atoms with Crippen LogP contribution in [0.3, 0.4) is 0 Å². The minimum Gasteiger partial charge on any atom is -0.481 e. The summed E-state index contributed by atoms with van der Waals surface area (Å²) in [7, 11) is 0. The van der Waals surface area contributed by atoms with Crippen LogP contribution in [0, 0.1) is 56.2 Å². The molecular weight excluding hydrogens is 654 g/mol. The van der Waals surface area contributed by atoms with Crippen molar-refractivity contribution in [2.24, 2.45) is 61.9 Å². The van der Waals surface area contributed by atoms with E-state index in [9.17, 15) is 24.3 Å². The third-order valence-electron chi connectivity index (χ3n) is 16.8. The Morgan fingerprint density at radius 3 is 2.15 bits per heavy atom. The topological polar surface area (TPSA) is 130 Å². The van der Waals surface area contributed by atoms with Gasteiger partial charge in [0.25, 0.3) is 0 Å². The van der Waals surface area contributed by atoms with Crippen LogP contribution < -0.4 is 5.73 Å². The number of hydrogen-bond donors (Lipinski definition) is 2. The van der Waals surface area contributed by atoms with Gasteiger partial charge in [-0.1, -0.05) is 54.0 Å². The molecule has 0 aromatic heterocycles. The van der Waals surface area contributed by atoms with Gasteiger partial charge in [-0.05, 0) is 111 Å². The first-order chi connectivity index (χ1) is 24.0. The molecule has 3 N–H and O–H groups in total. The number of nitrogens with zero attached hydrogens (tertiary/aromatic N) is 2. The van der Waals surface area contributed by atoms with Gasteiger partial charge in [0.15, 0.2) is 5.78 Å². The fourth-order valence-corrected chi connectivity index (χ4v) is 13.7. The predicted octanol–water partition coefficient (Wildman–Crippen LogP) is 6.87. The number of rotatable bonds is 8. The standard InChI is InChI=1S/C43H69N3O6/c1-26(2)35-29(48)23-43(32(44)25-45-19-21-46(22-20-45)27(3)47)18-17-41(9)28(36(35)43)11-12-31-40(8)15-14-33(52-34(49)24-38(4,5)37(50)51)39(6,7)30(40)13-16-42(31,41)10/h26,28,30-33H,11-25,44H2,1-10H3,(H,50,51)/t28-,30?,31?,32-,33?,40?,41-,42?,43+/m1/s1. The molecule has 9 nitrogen and oxygen atoms in total. The molecule has 1 aliphatic heterocycles. The van der Waals surface area contributed by atoms with Crippen LogP contribution in [0.2, 0.25) is 0 Å². The highest BCUT2D eigenvalue weighted by molar-refractivity contribution is 6.00. The quantitative estimate of drug-likeness (QED) is 0.260. The second-order valence-corrected chi connectivity index (χ2v) is 20.5. The zero-order valence-electron chi connectivity index (χ0n) is 34.0. The van der Waals surface area contributed by atoms with Crippen LogP contribution in [0.15, 0.2) is 11.1 Å². The summed E-state index contributed by atoms with van der Waals surface area (Å²) in [6.07, 6.45) is 8.36. The molecule has 0 aromatic carbocycles. The van der Waals surface area contributed by atoms with Crippen LogP contribution in [0.4, 0.5) is 0 Å². The van der Waals surface area contributed by atoms with Crippen molar-refractivity contribution in [2.75, 3.05) is 32.7 Å². The maximum absolute atomic E-state index is 14.1. The number of carboxylic acid groups (broad SMARTS) is 1. The van der Waals surface area contributed by atoms with Crippen LogP contribution >= 0.6 is 0 Å². The highest BCUT2D eigenvalue weighted by Crippen LogP contribution is 2.77. The van der Waals surface area contributed by atoms with Crippen molar-refractivity contribution in [3.63, 3.8) is 0 Å². The van der Waals surface area contributed by atoms with Crippen molar-refractivity contribution in [1.29, 1.82) is 0 Å². The highest BCUT2D eigenvalue weighted by atomic mass is 16.5. The van der Waals surface area contributed by atoms with Gasteiger partial charge in [-0.25, -0.2) is 0 Å². The first-order valence-electron chi connectivity index (χ1n) is 20.5. The molecule has 9 heteroatoms. The van der Waals surface area contributed by atoms with E-state index in [4.69, 9.17) is 10.5 Å². The minimum absolute atomic E-state index is 0.0379. The van der Waals surface area contributed by atoms with Gasteiger partial charge in [0.05, 0.1) is 11.8 Å². The average Bonchev–Trinajstić information content (AvgIpc) is 3.36. The molecule has 1 amide bonds. The molecule has 5 aliphatic carbocycles. The molecule has 5 fully saturated rings. The van der Waals surface area contributed by atoms with Gasteiger partial charge in [0.2, 0.25) is 5.91 Å². The van der Waals surface area contributed by atoms with Crippen molar-refractivity contribution in [2.45, 2.75) is 146 Å². The number of aliphatic carboxylic acids is 1. The first kappa shape index (κ1) is 39.4. The molecule has 0 aromatic rings. The molecule has 1 heterocycles. The summed E-state index contributed by atoms with van der Waals surface area (Å²) in [6.45, 7) is 25.3.